The molecule has 6 nitrogen and oxygen atoms in total. The van der Waals surface area contributed by atoms with Crippen molar-refractivity contribution in [1.29, 1.82) is 0 Å². The zero-order valence-corrected chi connectivity index (χ0v) is 18.6. The highest BCUT2D eigenvalue weighted by Gasteiger charge is 2.25. The number of furan rings is 1. The molecule has 3 rings (SSSR count). The lowest BCUT2D eigenvalue weighted by Gasteiger charge is -2.36. The van der Waals surface area contributed by atoms with Crippen molar-refractivity contribution in [3.8, 4) is 0 Å². The van der Waals surface area contributed by atoms with Gasteiger partial charge in [-0.2, -0.15) is 0 Å². The molecule has 2 aromatic rings. The highest BCUT2D eigenvalue weighted by molar-refractivity contribution is 14.0. The van der Waals surface area contributed by atoms with Gasteiger partial charge in [-0.3, -0.25) is 4.79 Å². The molecule has 1 N–H and O–H groups in total. The van der Waals surface area contributed by atoms with Crippen molar-refractivity contribution in [2.24, 2.45) is 4.99 Å². The molecule has 1 saturated heterocycles. The van der Waals surface area contributed by atoms with E-state index in [1.807, 2.05) is 6.92 Å². The van der Waals surface area contributed by atoms with E-state index in [1.165, 1.54) is 12.3 Å². The Labute approximate surface area is 185 Å². The van der Waals surface area contributed by atoms with Crippen LogP contribution in [0.2, 0.25) is 5.02 Å². The zero-order chi connectivity index (χ0) is 19.2. The molecule has 0 bridgehead atoms. The summed E-state index contributed by atoms with van der Waals surface area (Å²) in [7, 11) is 0. The average Bonchev–Trinajstić information content (AvgIpc) is 3.22. The largest absolute Gasteiger partial charge is 0.459 e. The van der Waals surface area contributed by atoms with E-state index in [9.17, 15) is 9.18 Å². The first-order valence-electron chi connectivity index (χ1n) is 8.88. The van der Waals surface area contributed by atoms with Gasteiger partial charge in [0, 0.05) is 32.7 Å². The molecule has 0 atom stereocenters. The smallest absolute Gasteiger partial charge is 0.289 e. The molecule has 0 unspecified atom stereocenters. The van der Waals surface area contributed by atoms with E-state index in [-0.39, 0.29) is 34.9 Å². The number of aliphatic imine (C=N–C) groups is 1. The van der Waals surface area contributed by atoms with E-state index in [4.69, 9.17) is 16.0 Å². The van der Waals surface area contributed by atoms with Crippen LogP contribution in [-0.2, 0) is 6.54 Å². The maximum atomic E-state index is 13.3. The Morgan fingerprint density at radius 2 is 1.96 bits per heavy atom. The molecule has 0 spiro atoms. The van der Waals surface area contributed by atoms with Gasteiger partial charge in [-0.1, -0.05) is 17.7 Å². The average molecular weight is 521 g/mol. The van der Waals surface area contributed by atoms with Gasteiger partial charge in [-0.05, 0) is 36.8 Å². The van der Waals surface area contributed by atoms with Crippen LogP contribution in [0.3, 0.4) is 0 Å². The van der Waals surface area contributed by atoms with Crippen LogP contribution in [0.25, 0.3) is 0 Å². The fourth-order valence-electron chi connectivity index (χ4n) is 2.91. The summed E-state index contributed by atoms with van der Waals surface area (Å²) in [6, 6.07) is 7.99. The van der Waals surface area contributed by atoms with E-state index in [1.54, 1.807) is 29.2 Å². The van der Waals surface area contributed by atoms with E-state index >= 15 is 0 Å². The Morgan fingerprint density at radius 3 is 2.57 bits per heavy atom. The standard InChI is InChI=1S/C19H22ClFN4O2.HI/c1-2-22-19(23-13-14-5-6-16(21)15(20)12-14)25-9-7-24(8-10-25)18(26)17-4-3-11-27-17;/h3-6,11-12H,2,7-10,13H2,1H3,(H,22,23);1H. The second-order valence-electron chi connectivity index (χ2n) is 6.18. The molecule has 1 amide bonds. The summed E-state index contributed by atoms with van der Waals surface area (Å²) in [5, 5.41) is 3.36. The zero-order valence-electron chi connectivity index (χ0n) is 15.5. The Hall–Kier alpha value is -1.81. The Kier molecular flexibility index (Phi) is 8.56. The summed E-state index contributed by atoms with van der Waals surface area (Å²) < 4.78 is 18.5. The van der Waals surface area contributed by atoms with Gasteiger partial charge in [0.2, 0.25) is 0 Å². The molecule has 1 fully saturated rings. The number of nitrogens with zero attached hydrogens (tertiary/aromatic N) is 3. The quantitative estimate of drug-likeness (QED) is 0.380. The number of halogens is 3. The van der Waals surface area contributed by atoms with E-state index in [2.05, 4.69) is 15.2 Å². The second-order valence-corrected chi connectivity index (χ2v) is 6.58. The molecule has 0 aliphatic carbocycles. The second kappa shape index (κ2) is 10.7. The lowest BCUT2D eigenvalue weighted by Crippen LogP contribution is -2.53. The lowest BCUT2D eigenvalue weighted by atomic mass is 10.2. The first-order valence-corrected chi connectivity index (χ1v) is 9.26. The van der Waals surface area contributed by atoms with E-state index in [0.717, 1.165) is 18.1 Å². The minimum absolute atomic E-state index is 0. The van der Waals surface area contributed by atoms with Crippen molar-refractivity contribution in [3.63, 3.8) is 0 Å². The minimum Gasteiger partial charge on any atom is -0.459 e. The summed E-state index contributed by atoms with van der Waals surface area (Å²) in [4.78, 5) is 20.9. The van der Waals surface area contributed by atoms with Crippen LogP contribution in [0.15, 0.2) is 46.0 Å². The van der Waals surface area contributed by atoms with Crippen LogP contribution < -0.4 is 5.32 Å². The predicted octanol–water partition coefficient (Wildman–Crippen LogP) is 3.61. The number of nitrogens with one attached hydrogen (secondary N) is 1. The molecule has 0 radical (unpaired) electrons. The van der Waals surface area contributed by atoms with Gasteiger partial charge < -0.3 is 19.5 Å². The summed E-state index contributed by atoms with van der Waals surface area (Å²) in [6.07, 6.45) is 1.50. The van der Waals surface area contributed by atoms with Crippen LogP contribution >= 0.6 is 35.6 Å². The maximum absolute atomic E-state index is 13.3. The molecule has 152 valence electrons. The predicted molar refractivity (Wildman–Crippen MR) is 118 cm³/mol. The van der Waals surface area contributed by atoms with Crippen molar-refractivity contribution >= 4 is 47.4 Å². The van der Waals surface area contributed by atoms with Crippen LogP contribution in [-0.4, -0.2) is 54.4 Å². The van der Waals surface area contributed by atoms with E-state index in [0.29, 0.717) is 38.5 Å². The van der Waals surface area contributed by atoms with Crippen molar-refractivity contribution in [3.05, 3.63) is 58.8 Å². The number of rotatable bonds is 4. The molecule has 0 saturated carbocycles. The number of guanidine groups is 1. The van der Waals surface area contributed by atoms with Crippen LogP contribution in [0.4, 0.5) is 4.39 Å². The monoisotopic (exact) mass is 520 g/mol. The van der Waals surface area contributed by atoms with Gasteiger partial charge in [0.25, 0.3) is 5.91 Å². The van der Waals surface area contributed by atoms with Gasteiger partial charge in [-0.25, -0.2) is 9.38 Å². The normalized spacial score (nSPS) is 14.6. The molecule has 9 heteroatoms. The number of piperazine rings is 1. The molecule has 1 aromatic carbocycles. The number of amides is 1. The third-order valence-electron chi connectivity index (χ3n) is 4.33. The molecule has 1 aliphatic heterocycles. The molecule has 2 heterocycles. The third-order valence-corrected chi connectivity index (χ3v) is 4.62. The number of hydrogen-bond donors (Lipinski definition) is 1. The van der Waals surface area contributed by atoms with Gasteiger partial charge in [-0.15, -0.1) is 24.0 Å². The first kappa shape index (κ1) is 22.5. The van der Waals surface area contributed by atoms with Gasteiger partial charge in [0.05, 0.1) is 17.8 Å². The van der Waals surface area contributed by atoms with Crippen LogP contribution in [0, 0.1) is 5.82 Å². The summed E-state index contributed by atoms with van der Waals surface area (Å²) >= 11 is 5.83. The Balaban J connectivity index is 0.00000280. The summed E-state index contributed by atoms with van der Waals surface area (Å²) in [5.74, 6) is 0.594. The van der Waals surface area contributed by atoms with Gasteiger partial charge >= 0.3 is 0 Å². The highest BCUT2D eigenvalue weighted by Crippen LogP contribution is 2.17. The first-order chi connectivity index (χ1) is 13.1. The Morgan fingerprint density at radius 1 is 1.25 bits per heavy atom. The minimum atomic E-state index is -0.436. The SMILES string of the molecule is CCNC(=NCc1ccc(F)c(Cl)c1)N1CCN(C(=O)c2ccco2)CC1.I. The lowest BCUT2D eigenvalue weighted by molar-refractivity contribution is 0.0657. The van der Waals surface area contributed by atoms with Crippen molar-refractivity contribution in [2.45, 2.75) is 13.5 Å². The third kappa shape index (κ3) is 5.60. The van der Waals surface area contributed by atoms with Crippen LogP contribution in [0.1, 0.15) is 23.0 Å². The van der Waals surface area contributed by atoms with Crippen molar-refractivity contribution in [1.82, 2.24) is 15.1 Å². The fraction of sp³-hybridized carbons (Fsp3) is 0.368. The molecular formula is C19H23ClFIN4O2. The highest BCUT2D eigenvalue weighted by atomic mass is 127. The summed E-state index contributed by atoms with van der Waals surface area (Å²) in [6.45, 7) is 5.65. The van der Waals surface area contributed by atoms with Gasteiger partial charge in [0.15, 0.2) is 11.7 Å². The summed E-state index contributed by atoms with van der Waals surface area (Å²) in [5.41, 5.74) is 0.837. The molecule has 1 aliphatic rings. The molecular weight excluding hydrogens is 498 g/mol. The van der Waals surface area contributed by atoms with Crippen molar-refractivity contribution < 1.29 is 13.6 Å². The number of hydrogen-bond acceptors (Lipinski definition) is 3. The number of carbonyl (C=O) groups excluding carboxylic acids is 1. The topological polar surface area (TPSA) is 61.1 Å². The molecule has 1 aromatic heterocycles. The van der Waals surface area contributed by atoms with Crippen molar-refractivity contribution in [2.75, 3.05) is 32.7 Å². The van der Waals surface area contributed by atoms with E-state index < -0.39 is 5.82 Å². The maximum Gasteiger partial charge on any atom is 0.289 e. The Bertz CT molecular complexity index is 808. The van der Waals surface area contributed by atoms with Gasteiger partial charge in [0.1, 0.15) is 5.82 Å². The number of carbonyl (C=O) groups is 1. The molecule has 28 heavy (non-hydrogen) atoms. The fourth-order valence-corrected chi connectivity index (χ4v) is 3.11. The number of benzene rings is 1. The van der Waals surface area contributed by atoms with Crippen LogP contribution in [0.5, 0.6) is 0 Å².